The van der Waals surface area contributed by atoms with Gasteiger partial charge >= 0.3 is 0 Å². The van der Waals surface area contributed by atoms with Gasteiger partial charge in [0.1, 0.15) is 6.54 Å². The Kier molecular flexibility index (Phi) is 6.53. The molecule has 0 atom stereocenters. The molecule has 1 aliphatic heterocycles. The summed E-state index contributed by atoms with van der Waals surface area (Å²) >= 11 is 12.1. The van der Waals surface area contributed by atoms with Crippen molar-refractivity contribution in [3.05, 3.63) is 80.1 Å². The zero-order valence-electron chi connectivity index (χ0n) is 18.0. The van der Waals surface area contributed by atoms with Crippen molar-refractivity contribution < 1.29 is 4.79 Å². The van der Waals surface area contributed by atoms with E-state index >= 15 is 0 Å². The molecule has 3 aromatic rings. The summed E-state index contributed by atoms with van der Waals surface area (Å²) < 4.78 is 1.25. The highest BCUT2D eigenvalue weighted by molar-refractivity contribution is 6.42. The van der Waals surface area contributed by atoms with Crippen LogP contribution < -0.4 is 10.5 Å². The molecular formula is C24H24Cl2N4O2. The third-order valence-corrected chi connectivity index (χ3v) is 6.46. The first-order chi connectivity index (χ1) is 15.3. The minimum absolute atomic E-state index is 0.0791. The minimum Gasteiger partial charge on any atom is -0.368 e. The average molecular weight is 471 g/mol. The number of amides is 1. The van der Waals surface area contributed by atoms with Crippen molar-refractivity contribution in [2.45, 2.75) is 20.4 Å². The van der Waals surface area contributed by atoms with E-state index < -0.39 is 0 Å². The van der Waals surface area contributed by atoms with Gasteiger partial charge < -0.3 is 9.80 Å². The number of hydrogen-bond acceptors (Lipinski definition) is 4. The molecule has 0 aliphatic carbocycles. The molecule has 1 aliphatic rings. The Labute approximate surface area is 197 Å². The zero-order valence-corrected chi connectivity index (χ0v) is 19.5. The molecule has 0 spiro atoms. The summed E-state index contributed by atoms with van der Waals surface area (Å²) in [4.78, 5) is 29.2. The third kappa shape index (κ3) is 4.81. The van der Waals surface area contributed by atoms with Crippen LogP contribution >= 0.6 is 23.2 Å². The fraction of sp³-hybridized carbons (Fsp3) is 0.292. The van der Waals surface area contributed by atoms with Gasteiger partial charge in [-0.15, -0.1) is 0 Å². The van der Waals surface area contributed by atoms with E-state index in [9.17, 15) is 9.59 Å². The second-order valence-corrected chi connectivity index (χ2v) is 8.81. The molecule has 2 heterocycles. The summed E-state index contributed by atoms with van der Waals surface area (Å²) in [6.07, 6.45) is 0. The molecule has 32 heavy (non-hydrogen) atoms. The largest absolute Gasteiger partial charge is 0.368 e. The molecule has 4 rings (SSSR count). The number of aryl methyl sites for hydroxylation is 2. The minimum atomic E-state index is -0.290. The van der Waals surface area contributed by atoms with Crippen LogP contribution in [0, 0.1) is 13.8 Å². The van der Waals surface area contributed by atoms with E-state index in [1.807, 2.05) is 44.2 Å². The van der Waals surface area contributed by atoms with E-state index in [0.29, 0.717) is 41.9 Å². The van der Waals surface area contributed by atoms with Crippen molar-refractivity contribution in [1.82, 2.24) is 14.7 Å². The number of aromatic nitrogens is 2. The van der Waals surface area contributed by atoms with Crippen molar-refractivity contribution >= 4 is 34.8 Å². The van der Waals surface area contributed by atoms with E-state index in [1.54, 1.807) is 17.0 Å². The lowest BCUT2D eigenvalue weighted by atomic mass is 10.0. The lowest BCUT2D eigenvalue weighted by Gasteiger charge is -2.36. The summed E-state index contributed by atoms with van der Waals surface area (Å²) in [6.45, 7) is 6.41. The maximum absolute atomic E-state index is 12.9. The summed E-state index contributed by atoms with van der Waals surface area (Å²) in [6, 6.07) is 14.8. The number of hydrogen-bond donors (Lipinski definition) is 0. The molecular weight excluding hydrogens is 447 g/mol. The van der Waals surface area contributed by atoms with Crippen LogP contribution in [0.5, 0.6) is 0 Å². The first-order valence-corrected chi connectivity index (χ1v) is 11.2. The van der Waals surface area contributed by atoms with E-state index in [0.717, 1.165) is 22.4 Å². The molecule has 2 aromatic carbocycles. The smallest absolute Gasteiger partial charge is 0.267 e. The standard InChI is InChI=1S/C24H24Cl2N4O2/c1-16-3-4-17(2)19(13-16)22-7-8-23(31)30(27-22)15-24(32)29-11-9-28(10-12-29)18-5-6-20(25)21(26)14-18/h3-8,13-14H,9-12,15H2,1-2H3. The van der Waals surface area contributed by atoms with Crippen molar-refractivity contribution in [2.75, 3.05) is 31.1 Å². The summed E-state index contributed by atoms with van der Waals surface area (Å²) in [5, 5.41) is 5.51. The topological polar surface area (TPSA) is 58.4 Å². The van der Waals surface area contributed by atoms with Gasteiger partial charge in [-0.25, -0.2) is 4.68 Å². The van der Waals surface area contributed by atoms with Gasteiger partial charge in [0.15, 0.2) is 0 Å². The Balaban J connectivity index is 1.45. The van der Waals surface area contributed by atoms with Crippen LogP contribution in [0.15, 0.2) is 53.3 Å². The highest BCUT2D eigenvalue weighted by atomic mass is 35.5. The molecule has 0 bridgehead atoms. The number of carbonyl (C=O) groups is 1. The van der Waals surface area contributed by atoms with E-state index in [1.165, 1.54) is 10.7 Å². The maximum atomic E-state index is 12.9. The number of benzene rings is 2. The van der Waals surface area contributed by atoms with Crippen LogP contribution in [0.4, 0.5) is 5.69 Å². The summed E-state index contributed by atoms with van der Waals surface area (Å²) in [7, 11) is 0. The van der Waals surface area contributed by atoms with E-state index in [-0.39, 0.29) is 18.0 Å². The number of piperazine rings is 1. The molecule has 1 aromatic heterocycles. The van der Waals surface area contributed by atoms with Crippen LogP contribution in [0.3, 0.4) is 0 Å². The number of anilines is 1. The van der Waals surface area contributed by atoms with Crippen LogP contribution in [-0.2, 0) is 11.3 Å². The second-order valence-electron chi connectivity index (χ2n) is 8.00. The van der Waals surface area contributed by atoms with Gasteiger partial charge in [0.25, 0.3) is 5.56 Å². The third-order valence-electron chi connectivity index (χ3n) is 5.72. The fourth-order valence-corrected chi connectivity index (χ4v) is 4.13. The highest BCUT2D eigenvalue weighted by Gasteiger charge is 2.22. The van der Waals surface area contributed by atoms with Crippen molar-refractivity contribution in [3.8, 4) is 11.3 Å². The monoisotopic (exact) mass is 470 g/mol. The molecule has 0 unspecified atom stereocenters. The Morgan fingerprint density at radius 3 is 2.41 bits per heavy atom. The number of rotatable bonds is 4. The Bertz CT molecular complexity index is 1220. The summed E-state index contributed by atoms with van der Waals surface area (Å²) in [5.41, 5.74) is 4.51. The average Bonchev–Trinajstić information content (AvgIpc) is 2.79. The Hall–Kier alpha value is -2.83. The maximum Gasteiger partial charge on any atom is 0.267 e. The highest BCUT2D eigenvalue weighted by Crippen LogP contribution is 2.28. The molecule has 166 valence electrons. The molecule has 6 nitrogen and oxygen atoms in total. The van der Waals surface area contributed by atoms with E-state index in [2.05, 4.69) is 10.00 Å². The van der Waals surface area contributed by atoms with Crippen molar-refractivity contribution in [3.63, 3.8) is 0 Å². The number of carbonyl (C=O) groups excluding carboxylic acids is 1. The first kappa shape index (κ1) is 22.4. The van der Waals surface area contributed by atoms with Crippen molar-refractivity contribution in [1.29, 1.82) is 0 Å². The SMILES string of the molecule is Cc1ccc(C)c(-c2ccc(=O)n(CC(=O)N3CCN(c4ccc(Cl)c(Cl)c4)CC3)n2)c1. The van der Waals surface area contributed by atoms with Crippen LogP contribution in [0.1, 0.15) is 11.1 Å². The van der Waals surface area contributed by atoms with Gasteiger partial charge in [0, 0.05) is 43.5 Å². The molecule has 1 saturated heterocycles. The van der Waals surface area contributed by atoms with Gasteiger partial charge in [-0.3, -0.25) is 9.59 Å². The quantitative estimate of drug-likeness (QED) is 0.573. The number of nitrogens with zero attached hydrogens (tertiary/aromatic N) is 4. The molecule has 1 fully saturated rings. The predicted molar refractivity (Wildman–Crippen MR) is 129 cm³/mol. The van der Waals surface area contributed by atoms with Gasteiger partial charge in [-0.05, 0) is 49.7 Å². The second kappa shape index (κ2) is 9.35. The number of halogens is 2. The van der Waals surface area contributed by atoms with Crippen LogP contribution in [0.2, 0.25) is 10.0 Å². The fourth-order valence-electron chi connectivity index (χ4n) is 3.84. The molecule has 0 N–H and O–H groups in total. The predicted octanol–water partition coefficient (Wildman–Crippen LogP) is 4.18. The molecule has 0 radical (unpaired) electrons. The van der Waals surface area contributed by atoms with Gasteiger partial charge in [0.05, 0.1) is 15.7 Å². The zero-order chi connectivity index (χ0) is 22.8. The van der Waals surface area contributed by atoms with Crippen LogP contribution in [0.25, 0.3) is 11.3 Å². The van der Waals surface area contributed by atoms with E-state index in [4.69, 9.17) is 23.2 Å². The van der Waals surface area contributed by atoms with Gasteiger partial charge in [-0.1, -0.05) is 40.9 Å². The van der Waals surface area contributed by atoms with Gasteiger partial charge in [-0.2, -0.15) is 5.10 Å². The van der Waals surface area contributed by atoms with Crippen LogP contribution in [-0.4, -0.2) is 46.8 Å². The summed E-state index contributed by atoms with van der Waals surface area (Å²) in [5.74, 6) is -0.119. The Morgan fingerprint density at radius 2 is 1.69 bits per heavy atom. The molecule has 0 saturated carbocycles. The Morgan fingerprint density at radius 1 is 0.938 bits per heavy atom. The first-order valence-electron chi connectivity index (χ1n) is 10.5. The molecule has 1 amide bonds. The van der Waals surface area contributed by atoms with Gasteiger partial charge in [0.2, 0.25) is 5.91 Å². The molecule has 8 heteroatoms. The normalized spacial score (nSPS) is 14.0. The lowest BCUT2D eigenvalue weighted by molar-refractivity contribution is -0.132. The van der Waals surface area contributed by atoms with Crippen molar-refractivity contribution in [2.24, 2.45) is 0 Å². The lowest BCUT2D eigenvalue weighted by Crippen LogP contribution is -2.50.